The standard InChI is InChI=1S/C26H48P2/c1-14-26(20-28(24(8,9)10)25(11,12)13)18-16-15-17-21(26)19-27(22(2,3)4)23(5,6)7/h14-18,21H,1,19-20H2,2-13H3. The van der Waals surface area contributed by atoms with Crippen LogP contribution in [0.25, 0.3) is 0 Å². The normalized spacial score (nSPS) is 24.3. The van der Waals surface area contributed by atoms with Gasteiger partial charge >= 0.3 is 0 Å². The van der Waals surface area contributed by atoms with Crippen molar-refractivity contribution in [3.63, 3.8) is 0 Å². The molecule has 0 aromatic carbocycles. The monoisotopic (exact) mass is 422 g/mol. The Morgan fingerprint density at radius 1 is 0.750 bits per heavy atom. The van der Waals surface area contributed by atoms with Gasteiger partial charge in [-0.2, -0.15) is 0 Å². The summed E-state index contributed by atoms with van der Waals surface area (Å²) in [6, 6.07) is 0. The van der Waals surface area contributed by atoms with Gasteiger partial charge in [-0.3, -0.25) is 0 Å². The lowest BCUT2D eigenvalue weighted by molar-refractivity contribution is 0.422. The van der Waals surface area contributed by atoms with Gasteiger partial charge in [0.2, 0.25) is 0 Å². The molecule has 0 aromatic rings. The summed E-state index contributed by atoms with van der Waals surface area (Å²) in [7, 11) is -0.314. The number of hydrogen-bond acceptors (Lipinski definition) is 0. The molecule has 0 aromatic heterocycles. The Balaban J connectivity index is 3.36. The Hall–Kier alpha value is 0.0800. The molecule has 2 heteroatoms. The van der Waals surface area contributed by atoms with Crippen LogP contribution in [0.3, 0.4) is 0 Å². The average Bonchev–Trinajstić information content (AvgIpc) is 2.46. The maximum Gasteiger partial charge on any atom is 0.0167 e. The Bertz CT molecular complexity index is 556. The maximum atomic E-state index is 4.39. The van der Waals surface area contributed by atoms with Crippen molar-refractivity contribution in [2.45, 2.75) is 104 Å². The molecule has 0 aliphatic heterocycles. The van der Waals surface area contributed by atoms with Crippen molar-refractivity contribution in [3.05, 3.63) is 37.0 Å². The van der Waals surface area contributed by atoms with Gasteiger partial charge in [0.15, 0.2) is 0 Å². The van der Waals surface area contributed by atoms with E-state index >= 15 is 0 Å². The van der Waals surface area contributed by atoms with Crippen LogP contribution in [0, 0.1) is 11.3 Å². The first kappa shape index (κ1) is 26.1. The molecule has 1 rings (SSSR count). The number of rotatable bonds is 5. The highest BCUT2D eigenvalue weighted by atomic mass is 31.1. The van der Waals surface area contributed by atoms with Crippen LogP contribution in [0.1, 0.15) is 83.1 Å². The summed E-state index contributed by atoms with van der Waals surface area (Å²) in [6.07, 6.45) is 14.3. The molecule has 28 heavy (non-hydrogen) atoms. The summed E-state index contributed by atoms with van der Waals surface area (Å²) in [6.45, 7) is 33.7. The third-order valence-electron chi connectivity index (χ3n) is 5.98. The van der Waals surface area contributed by atoms with E-state index in [9.17, 15) is 0 Å². The quantitative estimate of drug-likeness (QED) is 0.306. The van der Waals surface area contributed by atoms with Crippen LogP contribution >= 0.6 is 15.8 Å². The highest BCUT2D eigenvalue weighted by Gasteiger charge is 2.45. The molecule has 0 amide bonds. The van der Waals surface area contributed by atoms with Crippen LogP contribution in [0.5, 0.6) is 0 Å². The highest BCUT2D eigenvalue weighted by Crippen LogP contribution is 2.66. The van der Waals surface area contributed by atoms with Gasteiger partial charge in [0.05, 0.1) is 0 Å². The zero-order chi connectivity index (χ0) is 22.2. The van der Waals surface area contributed by atoms with Gasteiger partial charge in [0, 0.05) is 5.41 Å². The predicted octanol–water partition coefficient (Wildman–Crippen LogP) is 9.06. The van der Waals surface area contributed by atoms with Gasteiger partial charge in [-0.1, -0.05) is 129 Å². The molecular weight excluding hydrogens is 374 g/mol. The molecule has 0 spiro atoms. The second-order valence-electron chi connectivity index (χ2n) is 12.5. The van der Waals surface area contributed by atoms with Gasteiger partial charge in [0.1, 0.15) is 0 Å². The summed E-state index contributed by atoms with van der Waals surface area (Å²) < 4.78 is 0. The van der Waals surface area contributed by atoms with Gasteiger partial charge in [-0.25, -0.2) is 0 Å². The van der Waals surface area contributed by atoms with Crippen molar-refractivity contribution in [2.75, 3.05) is 12.3 Å². The molecule has 0 heterocycles. The summed E-state index contributed by atoms with van der Waals surface area (Å²) in [5, 5.41) is 1.38. The molecule has 1 aliphatic carbocycles. The number of allylic oxidation sites excluding steroid dienone is 5. The van der Waals surface area contributed by atoms with Crippen molar-refractivity contribution in [3.8, 4) is 0 Å². The van der Waals surface area contributed by atoms with Gasteiger partial charge < -0.3 is 0 Å². The van der Waals surface area contributed by atoms with Crippen LogP contribution < -0.4 is 0 Å². The molecule has 0 nitrogen and oxygen atoms in total. The number of hydrogen-bond donors (Lipinski definition) is 0. The zero-order valence-electron chi connectivity index (χ0n) is 21.0. The minimum absolute atomic E-state index is 0.0814. The van der Waals surface area contributed by atoms with Crippen LogP contribution in [0.4, 0.5) is 0 Å². The first-order valence-electron chi connectivity index (χ1n) is 10.9. The van der Waals surface area contributed by atoms with E-state index in [1.807, 2.05) is 0 Å². The molecule has 1 aliphatic rings. The van der Waals surface area contributed by atoms with E-state index < -0.39 is 0 Å². The zero-order valence-corrected chi connectivity index (χ0v) is 22.8. The fraction of sp³-hybridized carbons (Fsp3) is 0.769. The van der Waals surface area contributed by atoms with E-state index in [-0.39, 0.29) is 21.3 Å². The molecule has 0 fully saturated rings. The summed E-state index contributed by atoms with van der Waals surface area (Å²) in [5.41, 5.74) is 0.0814. The SMILES string of the molecule is C=CC1(CP(C(C)(C)C)C(C)(C)C)C=CC=CC1CP(C(C)(C)C)C(C)(C)C. The van der Waals surface area contributed by atoms with E-state index in [1.165, 1.54) is 12.3 Å². The summed E-state index contributed by atoms with van der Waals surface area (Å²) in [5.74, 6) is 0.550. The van der Waals surface area contributed by atoms with Crippen molar-refractivity contribution in [1.29, 1.82) is 0 Å². The minimum atomic E-state index is -0.177. The summed E-state index contributed by atoms with van der Waals surface area (Å²) >= 11 is 0. The smallest absolute Gasteiger partial charge is 0.0167 e. The van der Waals surface area contributed by atoms with Crippen molar-refractivity contribution in [2.24, 2.45) is 11.3 Å². The largest absolute Gasteiger partial charge is 0.102 e. The molecule has 0 saturated carbocycles. The fourth-order valence-corrected chi connectivity index (χ4v) is 12.9. The first-order chi connectivity index (χ1) is 12.3. The van der Waals surface area contributed by atoms with Gasteiger partial charge in [0.25, 0.3) is 0 Å². The van der Waals surface area contributed by atoms with Crippen LogP contribution in [0.2, 0.25) is 0 Å². The minimum Gasteiger partial charge on any atom is -0.102 e. The summed E-state index contributed by atoms with van der Waals surface area (Å²) in [4.78, 5) is 0. The van der Waals surface area contributed by atoms with Crippen LogP contribution in [-0.4, -0.2) is 32.9 Å². The van der Waals surface area contributed by atoms with E-state index in [0.29, 0.717) is 26.5 Å². The maximum absolute atomic E-state index is 4.39. The Morgan fingerprint density at radius 3 is 1.54 bits per heavy atom. The lowest BCUT2D eigenvalue weighted by Gasteiger charge is -2.50. The third-order valence-corrected chi connectivity index (χ3v) is 14.1. The van der Waals surface area contributed by atoms with E-state index in [1.54, 1.807) is 0 Å². The topological polar surface area (TPSA) is 0 Å². The molecule has 0 bridgehead atoms. The van der Waals surface area contributed by atoms with Gasteiger partial charge in [-0.15, -0.1) is 6.58 Å². The average molecular weight is 423 g/mol. The van der Waals surface area contributed by atoms with Crippen molar-refractivity contribution >= 4 is 15.8 Å². The molecular formula is C26H48P2. The highest BCUT2D eigenvalue weighted by molar-refractivity contribution is 7.61. The van der Waals surface area contributed by atoms with Crippen LogP contribution in [0.15, 0.2) is 37.0 Å². The van der Waals surface area contributed by atoms with E-state index in [4.69, 9.17) is 0 Å². The van der Waals surface area contributed by atoms with E-state index in [0.717, 1.165) is 0 Å². The Kier molecular flexibility index (Phi) is 8.09. The predicted molar refractivity (Wildman–Crippen MR) is 137 cm³/mol. The molecule has 0 radical (unpaired) electrons. The lowest BCUT2D eigenvalue weighted by atomic mass is 9.75. The van der Waals surface area contributed by atoms with Gasteiger partial charge in [-0.05, 0) is 38.9 Å². The molecule has 162 valence electrons. The van der Waals surface area contributed by atoms with E-state index in [2.05, 4.69) is 120 Å². The van der Waals surface area contributed by atoms with Crippen LogP contribution in [-0.2, 0) is 0 Å². The second kappa shape index (κ2) is 8.67. The molecule has 2 unspecified atom stereocenters. The lowest BCUT2D eigenvalue weighted by Crippen LogP contribution is -2.39. The first-order valence-corrected chi connectivity index (χ1v) is 14.0. The second-order valence-corrected chi connectivity index (χ2v) is 20.3. The Labute approximate surface area is 180 Å². The molecule has 2 atom stereocenters. The Morgan fingerprint density at radius 2 is 1.18 bits per heavy atom. The third kappa shape index (κ3) is 6.54. The molecule has 0 N–H and O–H groups in total. The van der Waals surface area contributed by atoms with Crippen molar-refractivity contribution in [1.82, 2.24) is 0 Å². The molecule has 0 saturated heterocycles. The fourth-order valence-electron chi connectivity index (χ4n) is 4.93. The van der Waals surface area contributed by atoms with Crippen molar-refractivity contribution < 1.29 is 0 Å².